The molecular weight excluding hydrogens is 310 g/mol. The first-order valence-electron chi connectivity index (χ1n) is 7.95. The van der Waals surface area contributed by atoms with Crippen molar-refractivity contribution in [2.75, 3.05) is 11.9 Å². The third-order valence-electron chi connectivity index (χ3n) is 5.13. The summed E-state index contributed by atoms with van der Waals surface area (Å²) < 4.78 is 0. The van der Waals surface area contributed by atoms with Crippen molar-refractivity contribution in [1.29, 1.82) is 0 Å². The van der Waals surface area contributed by atoms with Gasteiger partial charge in [0.05, 0.1) is 11.8 Å². The second-order valence-electron chi connectivity index (χ2n) is 6.63. The van der Waals surface area contributed by atoms with E-state index in [1.807, 2.05) is 12.2 Å². The number of hydrogen-bond donors (Lipinski definition) is 2. The Morgan fingerprint density at radius 3 is 2.50 bits per heavy atom. The summed E-state index contributed by atoms with van der Waals surface area (Å²) in [4.78, 5) is 42.3. The SMILES string of the molecule is Cc1ccc(O)c(NC(=O)CN2C(=O)C3C4C=CC(C4)C3C2=O)n1. The fraction of sp³-hybridized carbons (Fsp3) is 0.412. The number of rotatable bonds is 3. The molecule has 3 amide bonds. The molecule has 1 aromatic rings. The van der Waals surface area contributed by atoms with E-state index in [9.17, 15) is 19.5 Å². The van der Waals surface area contributed by atoms with Crippen molar-refractivity contribution in [2.45, 2.75) is 13.3 Å². The second kappa shape index (κ2) is 5.15. The molecule has 4 rings (SSSR count). The van der Waals surface area contributed by atoms with Crippen LogP contribution in [-0.4, -0.2) is 39.3 Å². The first-order valence-corrected chi connectivity index (χ1v) is 7.95. The summed E-state index contributed by atoms with van der Waals surface area (Å²) in [7, 11) is 0. The van der Waals surface area contributed by atoms with E-state index in [-0.39, 0.29) is 53.6 Å². The summed E-state index contributed by atoms with van der Waals surface area (Å²) in [6, 6.07) is 3.04. The third kappa shape index (κ3) is 2.11. The van der Waals surface area contributed by atoms with Gasteiger partial charge in [-0.05, 0) is 37.3 Å². The maximum atomic E-state index is 12.5. The molecule has 0 aromatic carbocycles. The van der Waals surface area contributed by atoms with Crippen LogP contribution < -0.4 is 5.32 Å². The number of nitrogens with zero attached hydrogens (tertiary/aromatic N) is 2. The van der Waals surface area contributed by atoms with Crippen molar-refractivity contribution in [1.82, 2.24) is 9.88 Å². The fourth-order valence-corrected chi connectivity index (χ4v) is 4.08. The number of hydrogen-bond acceptors (Lipinski definition) is 5. The second-order valence-corrected chi connectivity index (χ2v) is 6.63. The van der Waals surface area contributed by atoms with Gasteiger partial charge in [-0.2, -0.15) is 0 Å². The van der Waals surface area contributed by atoms with E-state index in [0.717, 1.165) is 11.3 Å². The van der Waals surface area contributed by atoms with Crippen LogP contribution in [0.1, 0.15) is 12.1 Å². The number of anilines is 1. The Labute approximate surface area is 138 Å². The van der Waals surface area contributed by atoms with Crippen LogP contribution in [0, 0.1) is 30.6 Å². The van der Waals surface area contributed by atoms with Gasteiger partial charge < -0.3 is 10.4 Å². The average Bonchev–Trinajstić information content (AvgIpc) is 3.21. The van der Waals surface area contributed by atoms with E-state index in [1.165, 1.54) is 6.07 Å². The van der Waals surface area contributed by atoms with Crippen LogP contribution in [-0.2, 0) is 14.4 Å². The van der Waals surface area contributed by atoms with E-state index >= 15 is 0 Å². The smallest absolute Gasteiger partial charge is 0.245 e. The van der Waals surface area contributed by atoms with E-state index in [4.69, 9.17) is 0 Å². The molecule has 1 aliphatic heterocycles. The van der Waals surface area contributed by atoms with Crippen molar-refractivity contribution in [3.05, 3.63) is 30.0 Å². The maximum absolute atomic E-state index is 12.5. The van der Waals surface area contributed by atoms with Crippen LogP contribution >= 0.6 is 0 Å². The fourth-order valence-electron chi connectivity index (χ4n) is 4.08. The van der Waals surface area contributed by atoms with Gasteiger partial charge in [-0.15, -0.1) is 0 Å². The molecule has 0 radical (unpaired) electrons. The van der Waals surface area contributed by atoms with Gasteiger partial charge >= 0.3 is 0 Å². The van der Waals surface area contributed by atoms with Gasteiger partial charge in [-0.3, -0.25) is 19.3 Å². The molecule has 7 heteroatoms. The highest BCUT2D eigenvalue weighted by molar-refractivity contribution is 6.09. The lowest BCUT2D eigenvalue weighted by Crippen LogP contribution is -2.39. The molecule has 1 aromatic heterocycles. The number of likely N-dealkylation sites (tertiary alicyclic amines) is 1. The molecule has 2 aliphatic carbocycles. The van der Waals surface area contributed by atoms with Gasteiger partial charge in [0.15, 0.2) is 11.6 Å². The number of aromatic hydroxyl groups is 1. The normalized spacial score (nSPS) is 30.1. The van der Waals surface area contributed by atoms with Crippen molar-refractivity contribution in [3.8, 4) is 5.75 Å². The predicted octanol–water partition coefficient (Wildman–Crippen LogP) is 0.841. The van der Waals surface area contributed by atoms with Crippen molar-refractivity contribution >= 4 is 23.5 Å². The van der Waals surface area contributed by atoms with Crippen LogP contribution in [0.3, 0.4) is 0 Å². The summed E-state index contributed by atoms with van der Waals surface area (Å²) in [5.41, 5.74) is 0.633. The van der Waals surface area contributed by atoms with Crippen molar-refractivity contribution in [2.24, 2.45) is 23.7 Å². The third-order valence-corrected chi connectivity index (χ3v) is 5.13. The summed E-state index contributed by atoms with van der Waals surface area (Å²) in [6.07, 6.45) is 4.87. The number of carbonyl (C=O) groups excluding carboxylic acids is 3. The zero-order valence-corrected chi connectivity index (χ0v) is 13.1. The molecule has 124 valence electrons. The van der Waals surface area contributed by atoms with E-state index < -0.39 is 5.91 Å². The lowest BCUT2D eigenvalue weighted by atomic mass is 9.85. The molecule has 1 saturated carbocycles. The minimum Gasteiger partial charge on any atom is -0.504 e. The Kier molecular flexibility index (Phi) is 3.19. The van der Waals surface area contributed by atoms with Crippen molar-refractivity contribution < 1.29 is 19.5 Å². The van der Waals surface area contributed by atoms with E-state index in [2.05, 4.69) is 10.3 Å². The largest absolute Gasteiger partial charge is 0.504 e. The molecular formula is C17H17N3O4. The van der Waals surface area contributed by atoms with Gasteiger partial charge in [-0.25, -0.2) is 4.98 Å². The molecule has 2 bridgehead atoms. The maximum Gasteiger partial charge on any atom is 0.245 e. The van der Waals surface area contributed by atoms with Crippen LogP contribution in [0.25, 0.3) is 0 Å². The lowest BCUT2D eigenvalue weighted by Gasteiger charge is -2.16. The predicted molar refractivity (Wildman–Crippen MR) is 83.7 cm³/mol. The highest BCUT2D eigenvalue weighted by atomic mass is 16.3. The molecule has 2 heterocycles. The Balaban J connectivity index is 1.48. The van der Waals surface area contributed by atoms with Crippen molar-refractivity contribution in [3.63, 3.8) is 0 Å². The minimum atomic E-state index is -0.551. The van der Waals surface area contributed by atoms with Crippen LogP contribution in [0.15, 0.2) is 24.3 Å². The zero-order valence-electron chi connectivity index (χ0n) is 13.1. The zero-order chi connectivity index (χ0) is 17.0. The number of fused-ring (bicyclic) bond motifs is 5. The number of allylic oxidation sites excluding steroid dienone is 2. The molecule has 0 spiro atoms. The van der Waals surface area contributed by atoms with Crippen LogP contribution in [0.5, 0.6) is 5.75 Å². The number of nitrogens with one attached hydrogen (secondary N) is 1. The Bertz CT molecular complexity index is 758. The minimum absolute atomic E-state index is 0.0287. The quantitative estimate of drug-likeness (QED) is 0.633. The first-order chi connectivity index (χ1) is 11.5. The molecule has 2 N–H and O–H groups in total. The van der Waals surface area contributed by atoms with Gasteiger partial charge in [0.25, 0.3) is 0 Å². The molecule has 4 atom stereocenters. The number of carbonyl (C=O) groups is 3. The Morgan fingerprint density at radius 1 is 1.25 bits per heavy atom. The van der Waals surface area contributed by atoms with Gasteiger partial charge in [0.1, 0.15) is 6.54 Å². The van der Waals surface area contributed by atoms with Crippen LogP contribution in [0.2, 0.25) is 0 Å². The summed E-state index contributed by atoms with van der Waals surface area (Å²) >= 11 is 0. The highest BCUT2D eigenvalue weighted by Crippen LogP contribution is 2.52. The number of amides is 3. The first kappa shape index (κ1) is 14.9. The molecule has 4 unspecified atom stereocenters. The van der Waals surface area contributed by atoms with E-state index in [1.54, 1.807) is 13.0 Å². The number of imide groups is 1. The van der Waals surface area contributed by atoms with Gasteiger partial charge in [0.2, 0.25) is 17.7 Å². The Hall–Kier alpha value is -2.70. The van der Waals surface area contributed by atoms with Crippen LogP contribution in [0.4, 0.5) is 5.82 Å². The molecule has 7 nitrogen and oxygen atoms in total. The van der Waals surface area contributed by atoms with E-state index in [0.29, 0.717) is 5.69 Å². The topological polar surface area (TPSA) is 99.6 Å². The monoisotopic (exact) mass is 327 g/mol. The Morgan fingerprint density at radius 2 is 1.88 bits per heavy atom. The number of aromatic nitrogens is 1. The summed E-state index contributed by atoms with van der Waals surface area (Å²) in [6.45, 7) is 1.38. The standard InChI is InChI=1S/C17H17N3O4/c1-8-2-5-11(21)15(18-8)19-12(22)7-20-16(23)13-9-3-4-10(6-9)14(13)17(20)24/h2-5,9-10,13-14,21H,6-7H2,1H3,(H,18,19,22). The molecule has 2 fully saturated rings. The van der Waals surface area contributed by atoms with Gasteiger partial charge in [0, 0.05) is 5.69 Å². The molecule has 3 aliphatic rings. The number of pyridine rings is 1. The van der Waals surface area contributed by atoms with Gasteiger partial charge in [-0.1, -0.05) is 12.2 Å². The number of aryl methyl sites for hydroxylation is 1. The highest BCUT2D eigenvalue weighted by Gasteiger charge is 2.59. The molecule has 24 heavy (non-hydrogen) atoms. The summed E-state index contributed by atoms with van der Waals surface area (Å²) in [5.74, 6) is -1.61. The lowest BCUT2D eigenvalue weighted by molar-refractivity contribution is -0.143. The summed E-state index contributed by atoms with van der Waals surface area (Å²) in [5, 5.41) is 12.2. The molecule has 1 saturated heterocycles. The average molecular weight is 327 g/mol.